The highest BCUT2D eigenvalue weighted by Crippen LogP contribution is 2.05. The minimum absolute atomic E-state index is 0.235. The molecule has 1 amide bonds. The minimum Gasteiger partial charge on any atom is -0.384 e. The number of carbonyl (C=O) groups is 1. The number of anilines is 1. The molecule has 0 aromatic carbocycles. The van der Waals surface area contributed by atoms with Crippen molar-refractivity contribution in [3.8, 4) is 0 Å². The summed E-state index contributed by atoms with van der Waals surface area (Å²) in [7, 11) is 0. The van der Waals surface area contributed by atoms with Crippen LogP contribution in [0.5, 0.6) is 0 Å². The largest absolute Gasteiger partial charge is 0.384 e. The lowest BCUT2D eigenvalue weighted by Crippen LogP contribution is -2.23. The molecule has 0 saturated carbocycles. The van der Waals surface area contributed by atoms with E-state index in [1.54, 1.807) is 29.9 Å². The number of nitrogens with zero attached hydrogens (tertiary/aromatic N) is 2. The van der Waals surface area contributed by atoms with Gasteiger partial charge in [0.25, 0.3) is 5.91 Å². The zero-order valence-electron chi connectivity index (χ0n) is 8.38. The van der Waals surface area contributed by atoms with Crippen molar-refractivity contribution >= 4 is 23.1 Å². The fraction of sp³-hybridized carbons (Fsp3) is 0.100. The van der Waals surface area contributed by atoms with Crippen LogP contribution in [0.4, 0.5) is 5.82 Å². The summed E-state index contributed by atoms with van der Waals surface area (Å²) in [6.07, 6.45) is 1.72. The maximum atomic E-state index is 11.6. The van der Waals surface area contributed by atoms with Gasteiger partial charge in [0.1, 0.15) is 11.5 Å². The lowest BCUT2D eigenvalue weighted by atomic mass is 10.3. The summed E-state index contributed by atoms with van der Waals surface area (Å²) in [6.45, 7) is 0.458. The summed E-state index contributed by atoms with van der Waals surface area (Å²) < 4.78 is 0. The number of nitrogens with one attached hydrogen (secondary N) is 1. The molecule has 82 valence electrons. The van der Waals surface area contributed by atoms with Crippen molar-refractivity contribution in [2.75, 3.05) is 5.73 Å². The van der Waals surface area contributed by atoms with Crippen LogP contribution in [-0.2, 0) is 6.54 Å². The predicted octanol–water partition coefficient (Wildman–Crippen LogP) is 1.05. The van der Waals surface area contributed by atoms with Crippen molar-refractivity contribution in [1.29, 1.82) is 0 Å². The Morgan fingerprint density at radius 2 is 2.38 bits per heavy atom. The molecule has 0 aliphatic rings. The van der Waals surface area contributed by atoms with Crippen LogP contribution < -0.4 is 11.1 Å². The quantitative estimate of drug-likeness (QED) is 0.831. The number of nitrogens with two attached hydrogens (primary N) is 1. The lowest BCUT2D eigenvalue weighted by Gasteiger charge is -2.02. The monoisotopic (exact) mass is 234 g/mol. The molecule has 2 heterocycles. The fourth-order valence-electron chi connectivity index (χ4n) is 1.17. The van der Waals surface area contributed by atoms with Crippen LogP contribution in [0, 0.1) is 0 Å². The smallest absolute Gasteiger partial charge is 0.270 e. The Bertz CT molecular complexity index is 483. The average Bonchev–Trinajstić information content (AvgIpc) is 2.78. The van der Waals surface area contributed by atoms with Crippen LogP contribution in [0.1, 0.15) is 15.4 Å². The summed E-state index contributed by atoms with van der Waals surface area (Å²) in [5, 5.41) is 2.74. The van der Waals surface area contributed by atoms with Crippen LogP contribution in [0.25, 0.3) is 0 Å². The fourth-order valence-corrected chi connectivity index (χ4v) is 1.70. The number of carbonyl (C=O) groups excluding carboxylic acids is 1. The van der Waals surface area contributed by atoms with Crippen LogP contribution in [0.15, 0.2) is 29.9 Å². The standard InChI is InChI=1S/C10H10N4OS/c11-9-3-1-2-8(14-9)10(15)13-5-7-4-12-6-16-7/h1-4,6H,5H2,(H2,11,14)(H,13,15). The van der Waals surface area contributed by atoms with Gasteiger partial charge in [-0.05, 0) is 12.1 Å². The van der Waals surface area contributed by atoms with Crippen LogP contribution in [0.2, 0.25) is 0 Å². The Kier molecular flexibility index (Phi) is 3.11. The van der Waals surface area contributed by atoms with Gasteiger partial charge >= 0.3 is 0 Å². The van der Waals surface area contributed by atoms with Gasteiger partial charge in [-0.15, -0.1) is 11.3 Å². The zero-order valence-corrected chi connectivity index (χ0v) is 9.20. The molecule has 2 aromatic rings. The summed E-state index contributed by atoms with van der Waals surface area (Å²) >= 11 is 1.49. The zero-order chi connectivity index (χ0) is 11.4. The Labute approximate surface area is 96.3 Å². The first-order chi connectivity index (χ1) is 7.75. The van der Waals surface area contributed by atoms with E-state index in [9.17, 15) is 4.79 Å². The SMILES string of the molecule is Nc1cccc(C(=O)NCc2cncs2)n1. The first kappa shape index (κ1) is 10.6. The number of pyridine rings is 1. The maximum absolute atomic E-state index is 11.6. The topological polar surface area (TPSA) is 80.9 Å². The number of amides is 1. The molecule has 5 nitrogen and oxygen atoms in total. The Morgan fingerprint density at radius 3 is 3.06 bits per heavy atom. The Hall–Kier alpha value is -1.95. The van der Waals surface area contributed by atoms with Gasteiger partial charge in [-0.1, -0.05) is 6.07 Å². The van der Waals surface area contributed by atoms with E-state index in [1.165, 1.54) is 11.3 Å². The third-order valence-electron chi connectivity index (χ3n) is 1.91. The van der Waals surface area contributed by atoms with Crippen LogP contribution in [-0.4, -0.2) is 15.9 Å². The second kappa shape index (κ2) is 4.71. The maximum Gasteiger partial charge on any atom is 0.270 e. The molecule has 6 heteroatoms. The number of hydrogen-bond acceptors (Lipinski definition) is 5. The van der Waals surface area contributed by atoms with Crippen LogP contribution in [0.3, 0.4) is 0 Å². The van der Waals surface area contributed by atoms with E-state index < -0.39 is 0 Å². The molecule has 2 rings (SSSR count). The van der Waals surface area contributed by atoms with Gasteiger partial charge in [-0.25, -0.2) is 4.98 Å². The van der Waals surface area contributed by atoms with E-state index in [0.29, 0.717) is 18.1 Å². The highest BCUT2D eigenvalue weighted by molar-refractivity contribution is 7.09. The highest BCUT2D eigenvalue weighted by Gasteiger charge is 2.06. The van der Waals surface area contributed by atoms with Gasteiger partial charge in [-0.2, -0.15) is 0 Å². The highest BCUT2D eigenvalue weighted by atomic mass is 32.1. The summed E-state index contributed by atoms with van der Waals surface area (Å²) in [6, 6.07) is 4.96. The van der Waals surface area contributed by atoms with Gasteiger partial charge in [0, 0.05) is 11.1 Å². The normalized spacial score (nSPS) is 10.0. The molecular formula is C10H10N4OS. The molecule has 3 N–H and O–H groups in total. The number of thiazole rings is 1. The van der Waals surface area contributed by atoms with Crippen molar-refractivity contribution in [3.63, 3.8) is 0 Å². The molecule has 0 bridgehead atoms. The van der Waals surface area contributed by atoms with Crippen molar-refractivity contribution < 1.29 is 4.79 Å². The number of hydrogen-bond donors (Lipinski definition) is 2. The average molecular weight is 234 g/mol. The van der Waals surface area contributed by atoms with Gasteiger partial charge in [0.15, 0.2) is 0 Å². The molecule has 0 saturated heterocycles. The molecule has 0 radical (unpaired) electrons. The van der Waals surface area contributed by atoms with Gasteiger partial charge in [0.2, 0.25) is 0 Å². The predicted molar refractivity (Wildman–Crippen MR) is 61.9 cm³/mol. The van der Waals surface area contributed by atoms with E-state index in [0.717, 1.165) is 4.88 Å². The van der Waals surface area contributed by atoms with Crippen molar-refractivity contribution in [2.24, 2.45) is 0 Å². The molecule has 0 fully saturated rings. The van der Waals surface area contributed by atoms with Gasteiger partial charge < -0.3 is 11.1 Å². The summed E-state index contributed by atoms with van der Waals surface area (Å²) in [5.74, 6) is 0.103. The van der Waals surface area contributed by atoms with Crippen molar-refractivity contribution in [3.05, 3.63) is 40.5 Å². The molecule has 16 heavy (non-hydrogen) atoms. The minimum atomic E-state index is -0.235. The molecule has 0 aliphatic carbocycles. The third kappa shape index (κ3) is 2.54. The lowest BCUT2D eigenvalue weighted by molar-refractivity contribution is 0.0946. The van der Waals surface area contributed by atoms with Crippen LogP contribution >= 0.6 is 11.3 Å². The van der Waals surface area contributed by atoms with E-state index in [4.69, 9.17) is 5.73 Å². The Balaban J connectivity index is 1.98. The number of nitrogen functional groups attached to an aromatic ring is 1. The van der Waals surface area contributed by atoms with E-state index in [2.05, 4.69) is 15.3 Å². The molecule has 0 spiro atoms. The molecule has 0 unspecified atom stereocenters. The first-order valence-electron chi connectivity index (χ1n) is 4.64. The molecule has 2 aromatic heterocycles. The number of aromatic nitrogens is 2. The molecular weight excluding hydrogens is 224 g/mol. The second-order valence-electron chi connectivity index (χ2n) is 3.10. The van der Waals surface area contributed by atoms with E-state index in [1.807, 2.05) is 0 Å². The van der Waals surface area contributed by atoms with E-state index >= 15 is 0 Å². The third-order valence-corrected chi connectivity index (χ3v) is 2.69. The summed E-state index contributed by atoms with van der Waals surface area (Å²) in [5.41, 5.74) is 7.53. The summed E-state index contributed by atoms with van der Waals surface area (Å²) in [4.78, 5) is 20.5. The van der Waals surface area contributed by atoms with E-state index in [-0.39, 0.29) is 5.91 Å². The van der Waals surface area contributed by atoms with Crippen molar-refractivity contribution in [1.82, 2.24) is 15.3 Å². The Morgan fingerprint density at radius 1 is 1.50 bits per heavy atom. The van der Waals surface area contributed by atoms with Crippen molar-refractivity contribution in [2.45, 2.75) is 6.54 Å². The molecule has 0 aliphatic heterocycles. The first-order valence-corrected chi connectivity index (χ1v) is 5.52. The van der Waals surface area contributed by atoms with Gasteiger partial charge in [-0.3, -0.25) is 9.78 Å². The second-order valence-corrected chi connectivity index (χ2v) is 4.07. The molecule has 0 atom stereocenters. The van der Waals surface area contributed by atoms with Gasteiger partial charge in [0.05, 0.1) is 12.1 Å². The number of rotatable bonds is 3.